The lowest BCUT2D eigenvalue weighted by Crippen LogP contribution is -2.61. The van der Waals surface area contributed by atoms with Crippen molar-refractivity contribution in [3.8, 4) is 0 Å². The number of carbonyl (C=O) groups excluding carboxylic acids is 9. The molecular weight excluding hydrogens is 1020 g/mol. The average molecular weight is 1100 g/mol. The van der Waals surface area contributed by atoms with E-state index in [-0.39, 0.29) is 83.5 Å². The summed E-state index contributed by atoms with van der Waals surface area (Å²) in [5.41, 5.74) is 25.9. The SMILES string of the molecule is CCCCCCC[C@@H](O)CC(=O)N[C@H](CN)C(=O)N[C@H]1CCNC(=O)[C@H](Cc2c[nH]c3ccccc23)NC(=O)[C@H](CCN)NC(=O)[C@H](CCN)NC(=O)[C@H](CC(C)C)NC(=O)[C@@H](Cc2ccccc2)NC(=O)[C@H](CCN)NC1=O. The van der Waals surface area contributed by atoms with Gasteiger partial charge in [-0.25, -0.2) is 0 Å². The van der Waals surface area contributed by atoms with Crippen LogP contribution in [0.4, 0.5) is 0 Å². The smallest absolute Gasteiger partial charge is 0.244 e. The van der Waals surface area contributed by atoms with E-state index in [1.165, 1.54) is 0 Å². The highest BCUT2D eigenvalue weighted by molar-refractivity contribution is 5.98. The van der Waals surface area contributed by atoms with Gasteiger partial charge in [-0.05, 0) is 81.3 Å². The van der Waals surface area contributed by atoms with E-state index in [1.807, 2.05) is 38.1 Å². The summed E-state index contributed by atoms with van der Waals surface area (Å²) >= 11 is 0. The Bertz CT molecular complexity index is 2460. The van der Waals surface area contributed by atoms with Gasteiger partial charge in [-0.3, -0.25) is 43.2 Å². The molecule has 9 amide bonds. The number of aliphatic hydroxyl groups excluding tert-OH is 1. The van der Waals surface area contributed by atoms with Gasteiger partial charge in [0.15, 0.2) is 0 Å². The lowest BCUT2D eigenvalue weighted by atomic mass is 10.00. The van der Waals surface area contributed by atoms with Gasteiger partial charge in [0, 0.05) is 43.0 Å². The number of para-hydroxylation sites is 1. The molecule has 19 N–H and O–H groups in total. The molecule has 24 nitrogen and oxygen atoms in total. The molecule has 0 aliphatic carbocycles. The van der Waals surface area contributed by atoms with E-state index in [1.54, 1.807) is 36.5 Å². The summed E-state index contributed by atoms with van der Waals surface area (Å²) in [7, 11) is 0. The van der Waals surface area contributed by atoms with Crippen molar-refractivity contribution in [2.24, 2.45) is 28.9 Å². The Morgan fingerprint density at radius 3 is 1.73 bits per heavy atom. The number of fused-ring (bicyclic) bond motifs is 1. The fourth-order valence-corrected chi connectivity index (χ4v) is 9.22. The predicted molar refractivity (Wildman–Crippen MR) is 299 cm³/mol. The lowest BCUT2D eigenvalue weighted by molar-refractivity contribution is -0.136. The number of aliphatic hydroxyl groups is 1. The van der Waals surface area contributed by atoms with Crippen molar-refractivity contribution in [2.75, 3.05) is 32.7 Å². The van der Waals surface area contributed by atoms with Gasteiger partial charge in [0.25, 0.3) is 0 Å². The molecule has 1 fully saturated rings. The van der Waals surface area contributed by atoms with Gasteiger partial charge in [-0.2, -0.15) is 0 Å². The third kappa shape index (κ3) is 21.6. The van der Waals surface area contributed by atoms with Gasteiger partial charge in [-0.1, -0.05) is 101 Å². The third-order valence-electron chi connectivity index (χ3n) is 13.6. The van der Waals surface area contributed by atoms with E-state index >= 15 is 0 Å². The number of benzene rings is 2. The molecule has 0 spiro atoms. The summed E-state index contributed by atoms with van der Waals surface area (Å²) in [5.74, 6) is -7.29. The zero-order valence-corrected chi connectivity index (χ0v) is 45.9. The maximum atomic E-state index is 14.5. The molecule has 0 bridgehead atoms. The minimum atomic E-state index is -1.52. The number of hydrogen-bond donors (Lipinski definition) is 15. The molecule has 79 heavy (non-hydrogen) atoms. The molecule has 9 atom stereocenters. The second-order valence-electron chi connectivity index (χ2n) is 20.5. The van der Waals surface area contributed by atoms with Crippen molar-refractivity contribution in [1.29, 1.82) is 0 Å². The molecule has 3 aromatic rings. The number of aromatic nitrogens is 1. The molecule has 436 valence electrons. The second-order valence-corrected chi connectivity index (χ2v) is 20.5. The Labute approximate surface area is 462 Å². The number of hydrogen-bond acceptors (Lipinski definition) is 14. The van der Waals surface area contributed by atoms with Gasteiger partial charge < -0.3 is 80.9 Å². The van der Waals surface area contributed by atoms with Crippen LogP contribution in [-0.2, 0) is 56.0 Å². The molecule has 4 rings (SSSR count). The van der Waals surface area contributed by atoms with E-state index in [0.717, 1.165) is 36.6 Å². The molecule has 24 heteroatoms. The van der Waals surface area contributed by atoms with Crippen molar-refractivity contribution in [2.45, 2.75) is 165 Å². The summed E-state index contributed by atoms with van der Waals surface area (Å²) in [6.45, 7) is 4.75. The van der Waals surface area contributed by atoms with Crippen LogP contribution in [0.1, 0.15) is 109 Å². The van der Waals surface area contributed by atoms with Crippen molar-refractivity contribution in [3.63, 3.8) is 0 Å². The van der Waals surface area contributed by atoms with Gasteiger partial charge in [0.1, 0.15) is 48.3 Å². The van der Waals surface area contributed by atoms with E-state index in [4.69, 9.17) is 22.9 Å². The van der Waals surface area contributed by atoms with Gasteiger partial charge in [-0.15, -0.1) is 0 Å². The van der Waals surface area contributed by atoms with Crippen LogP contribution in [0.25, 0.3) is 10.9 Å². The van der Waals surface area contributed by atoms with Crippen molar-refractivity contribution in [3.05, 3.63) is 71.9 Å². The number of unbranched alkanes of at least 4 members (excludes halogenated alkanes) is 4. The third-order valence-corrected chi connectivity index (χ3v) is 13.6. The summed E-state index contributed by atoms with van der Waals surface area (Å²) in [5, 5.41) is 35.5. The quantitative estimate of drug-likeness (QED) is 0.0455. The van der Waals surface area contributed by atoms with Crippen LogP contribution in [0.2, 0.25) is 0 Å². The number of nitrogens with one attached hydrogen (secondary N) is 10. The van der Waals surface area contributed by atoms with Crippen molar-refractivity contribution in [1.82, 2.24) is 52.8 Å². The zero-order chi connectivity index (χ0) is 57.9. The first-order chi connectivity index (χ1) is 37.9. The molecule has 1 saturated heterocycles. The standard InChI is InChI=1S/C55H86N14O10/c1-4-5-6-7-11-16-36(70)30-47(71)62-46(31-59)55(79)66-42-22-26-60-48(72)45(29-35-32-61-38-18-13-12-17-37(35)38)69-51(75)41(21-25-58)63-49(73)39(19-23-56)65-53(77)43(27-33(2)3)67-54(78)44(28-34-14-9-8-10-15-34)68-50(74)40(20-24-57)64-52(42)76/h8-10,12-15,17-18,32-33,36,39-46,61,70H,4-7,11,16,19-31,56-59H2,1-3H3,(H,60,72)(H,62,71)(H,63,73)(H,64,76)(H,65,77)(H,66,79)(H,67,78)(H,68,74)(H,69,75)/t36-,39+,40+,41+,42+,43+,44-,45+,46-/m1/s1. The highest BCUT2D eigenvalue weighted by atomic mass is 16.3. The first-order valence-corrected chi connectivity index (χ1v) is 27.7. The summed E-state index contributed by atoms with van der Waals surface area (Å²) in [6, 6.07) is 5.22. The minimum Gasteiger partial charge on any atom is -0.393 e. The summed E-state index contributed by atoms with van der Waals surface area (Å²) < 4.78 is 0. The Morgan fingerprint density at radius 2 is 1.15 bits per heavy atom. The van der Waals surface area contributed by atoms with Crippen LogP contribution in [0.15, 0.2) is 60.8 Å². The highest BCUT2D eigenvalue weighted by Gasteiger charge is 2.36. The van der Waals surface area contributed by atoms with Gasteiger partial charge in [0.05, 0.1) is 12.5 Å². The van der Waals surface area contributed by atoms with E-state index in [0.29, 0.717) is 24.0 Å². The van der Waals surface area contributed by atoms with E-state index in [2.05, 4.69) is 59.8 Å². The molecule has 2 aromatic carbocycles. The van der Waals surface area contributed by atoms with Gasteiger partial charge in [0.2, 0.25) is 53.2 Å². The monoisotopic (exact) mass is 1100 g/mol. The number of amides is 9. The first kappa shape index (κ1) is 64.5. The zero-order valence-electron chi connectivity index (χ0n) is 45.9. The number of nitrogens with two attached hydrogens (primary N) is 4. The number of aromatic amines is 1. The molecule has 0 unspecified atom stereocenters. The van der Waals surface area contributed by atoms with Crippen LogP contribution >= 0.6 is 0 Å². The number of rotatable bonds is 24. The molecular formula is C55H86N14O10. The Balaban J connectivity index is 1.76. The number of carbonyl (C=O) groups is 9. The molecule has 0 radical (unpaired) electrons. The topological polar surface area (TPSA) is 402 Å². The normalized spacial score (nSPS) is 22.3. The molecule has 1 aliphatic rings. The molecule has 2 heterocycles. The van der Waals surface area contributed by atoms with Crippen LogP contribution in [0.3, 0.4) is 0 Å². The summed E-state index contributed by atoms with van der Waals surface area (Å²) in [4.78, 5) is 131. The summed E-state index contributed by atoms with van der Waals surface area (Å²) in [6.07, 6.45) is 4.84. The maximum Gasteiger partial charge on any atom is 0.244 e. The largest absolute Gasteiger partial charge is 0.393 e. The molecule has 1 aliphatic heterocycles. The second kappa shape index (κ2) is 34.1. The lowest BCUT2D eigenvalue weighted by Gasteiger charge is -2.28. The Morgan fingerprint density at radius 1 is 0.633 bits per heavy atom. The van der Waals surface area contributed by atoms with Crippen LogP contribution in [0, 0.1) is 5.92 Å². The molecule has 1 aromatic heterocycles. The fourth-order valence-electron chi connectivity index (χ4n) is 9.22. The van der Waals surface area contributed by atoms with E-state index in [9.17, 15) is 48.3 Å². The van der Waals surface area contributed by atoms with E-state index < -0.39 is 114 Å². The minimum absolute atomic E-state index is 0.0626. The first-order valence-electron chi connectivity index (χ1n) is 27.7. The number of H-pyrrole nitrogens is 1. The van der Waals surface area contributed by atoms with Crippen molar-refractivity contribution < 1.29 is 48.3 Å². The predicted octanol–water partition coefficient (Wildman–Crippen LogP) is -1.49. The highest BCUT2D eigenvalue weighted by Crippen LogP contribution is 2.20. The van der Waals surface area contributed by atoms with Crippen LogP contribution in [-0.4, -0.2) is 150 Å². The van der Waals surface area contributed by atoms with Crippen LogP contribution < -0.4 is 70.8 Å². The average Bonchev–Trinajstić information content (AvgIpc) is 3.83. The molecule has 0 saturated carbocycles. The fraction of sp³-hybridized carbons (Fsp3) is 0.582. The van der Waals surface area contributed by atoms with Crippen LogP contribution in [0.5, 0.6) is 0 Å². The maximum absolute atomic E-state index is 14.5. The Kier molecular flexibility index (Phi) is 27.9. The Hall–Kier alpha value is -6.99. The van der Waals surface area contributed by atoms with Crippen molar-refractivity contribution >= 4 is 64.1 Å². The van der Waals surface area contributed by atoms with Gasteiger partial charge >= 0.3 is 0 Å².